The zero-order valence-electron chi connectivity index (χ0n) is 12.3. The maximum atomic E-state index is 11.9. The molecule has 6 heteroatoms. The molecule has 1 N–H and O–H groups in total. The van der Waals surface area contributed by atoms with Crippen LogP contribution in [0.1, 0.15) is 24.1 Å². The Balaban J connectivity index is 1.51. The molecule has 1 amide bonds. The van der Waals surface area contributed by atoms with E-state index >= 15 is 0 Å². The van der Waals surface area contributed by atoms with Crippen LogP contribution in [0.4, 0.5) is 5.69 Å². The highest BCUT2D eigenvalue weighted by Gasteiger charge is 2.14. The Hall–Kier alpha value is -1.92. The van der Waals surface area contributed by atoms with Crippen molar-refractivity contribution < 1.29 is 9.53 Å². The van der Waals surface area contributed by atoms with Gasteiger partial charge in [0.1, 0.15) is 0 Å². The zero-order chi connectivity index (χ0) is 15.2. The van der Waals surface area contributed by atoms with Gasteiger partial charge < -0.3 is 10.1 Å². The smallest absolute Gasteiger partial charge is 0.248 e. The first kappa shape index (κ1) is 15.0. The van der Waals surface area contributed by atoms with E-state index in [0.717, 1.165) is 30.9 Å². The number of aromatic nitrogens is 2. The van der Waals surface area contributed by atoms with Crippen molar-refractivity contribution in [3.63, 3.8) is 0 Å². The van der Waals surface area contributed by atoms with Gasteiger partial charge in [0.15, 0.2) is 0 Å². The number of amides is 1. The molecule has 0 radical (unpaired) electrons. The van der Waals surface area contributed by atoms with E-state index in [4.69, 9.17) is 4.74 Å². The van der Waals surface area contributed by atoms with E-state index in [-0.39, 0.29) is 12.0 Å². The van der Waals surface area contributed by atoms with E-state index < -0.39 is 0 Å². The standard InChI is InChI=1S/C16H19N3O2S/c20-16(7-6-15-5-3-9-22-15)18-13-10-17-19(11-13)12-14-4-1-2-8-21-14/h3,5-7,9-11,14H,1-2,4,8,12H2,(H,18,20)/b7-6+/t14-/m1/s1. The van der Waals surface area contributed by atoms with Gasteiger partial charge in [0.2, 0.25) is 5.91 Å². The Morgan fingerprint density at radius 1 is 1.55 bits per heavy atom. The zero-order valence-corrected chi connectivity index (χ0v) is 13.1. The van der Waals surface area contributed by atoms with Crippen molar-refractivity contribution in [2.24, 2.45) is 0 Å². The Morgan fingerprint density at radius 3 is 3.27 bits per heavy atom. The highest BCUT2D eigenvalue weighted by molar-refractivity contribution is 7.10. The van der Waals surface area contributed by atoms with Crippen molar-refractivity contribution in [1.82, 2.24) is 9.78 Å². The molecule has 0 unspecified atom stereocenters. The minimum atomic E-state index is -0.151. The SMILES string of the molecule is O=C(/C=C/c1cccs1)Nc1cnn(C[C@H]2CCCCO2)c1. The maximum Gasteiger partial charge on any atom is 0.248 e. The van der Waals surface area contributed by atoms with Crippen molar-refractivity contribution in [2.75, 3.05) is 11.9 Å². The molecule has 0 saturated carbocycles. The molecule has 5 nitrogen and oxygen atoms in total. The molecule has 0 aliphatic carbocycles. The lowest BCUT2D eigenvalue weighted by molar-refractivity contribution is -0.111. The fourth-order valence-electron chi connectivity index (χ4n) is 2.42. The quantitative estimate of drug-likeness (QED) is 0.862. The largest absolute Gasteiger partial charge is 0.376 e. The third-order valence-electron chi connectivity index (χ3n) is 3.51. The molecule has 2 aromatic heterocycles. The van der Waals surface area contributed by atoms with Gasteiger partial charge in [0.25, 0.3) is 0 Å². The second kappa shape index (κ2) is 7.38. The second-order valence-corrected chi connectivity index (χ2v) is 6.26. The van der Waals surface area contributed by atoms with Crippen LogP contribution < -0.4 is 5.32 Å². The lowest BCUT2D eigenvalue weighted by Crippen LogP contribution is -2.24. The predicted octanol–water partition coefficient (Wildman–Crippen LogP) is 3.17. The number of anilines is 1. The third-order valence-corrected chi connectivity index (χ3v) is 4.35. The van der Waals surface area contributed by atoms with Gasteiger partial charge in [-0.2, -0.15) is 5.10 Å². The van der Waals surface area contributed by atoms with Crippen molar-refractivity contribution in [3.8, 4) is 0 Å². The van der Waals surface area contributed by atoms with Crippen LogP contribution in [0.3, 0.4) is 0 Å². The van der Waals surface area contributed by atoms with E-state index in [9.17, 15) is 4.79 Å². The van der Waals surface area contributed by atoms with E-state index in [1.807, 2.05) is 28.4 Å². The Bertz CT molecular complexity index is 628. The third kappa shape index (κ3) is 4.29. The van der Waals surface area contributed by atoms with Crippen LogP contribution >= 0.6 is 11.3 Å². The number of nitrogens with zero attached hydrogens (tertiary/aromatic N) is 2. The Kier molecular flexibility index (Phi) is 5.03. The Morgan fingerprint density at radius 2 is 2.50 bits per heavy atom. The molecule has 2 aromatic rings. The summed E-state index contributed by atoms with van der Waals surface area (Å²) < 4.78 is 7.52. The predicted molar refractivity (Wildman–Crippen MR) is 87.8 cm³/mol. The minimum Gasteiger partial charge on any atom is -0.376 e. The first-order valence-electron chi connectivity index (χ1n) is 7.46. The van der Waals surface area contributed by atoms with E-state index in [0.29, 0.717) is 5.69 Å². The van der Waals surface area contributed by atoms with E-state index in [2.05, 4.69) is 10.4 Å². The van der Waals surface area contributed by atoms with Crippen molar-refractivity contribution in [2.45, 2.75) is 31.9 Å². The number of nitrogens with one attached hydrogen (secondary N) is 1. The summed E-state index contributed by atoms with van der Waals surface area (Å²) in [6.07, 6.45) is 10.5. The average Bonchev–Trinajstić information content (AvgIpc) is 3.18. The normalized spacial score (nSPS) is 18.6. The summed E-state index contributed by atoms with van der Waals surface area (Å²) in [5.74, 6) is -0.151. The van der Waals surface area contributed by atoms with Crippen LogP contribution in [-0.2, 0) is 16.1 Å². The van der Waals surface area contributed by atoms with Crippen molar-refractivity contribution in [1.29, 1.82) is 0 Å². The first-order chi connectivity index (χ1) is 10.8. The second-order valence-electron chi connectivity index (χ2n) is 5.28. The molecule has 1 fully saturated rings. The molecule has 0 bridgehead atoms. The topological polar surface area (TPSA) is 56.2 Å². The number of rotatable bonds is 5. The first-order valence-corrected chi connectivity index (χ1v) is 8.34. The van der Waals surface area contributed by atoms with Crippen LogP contribution in [0.15, 0.2) is 36.0 Å². The molecule has 1 aliphatic heterocycles. The van der Waals surface area contributed by atoms with Crippen LogP contribution in [0.25, 0.3) is 6.08 Å². The summed E-state index contributed by atoms with van der Waals surface area (Å²) in [5, 5.41) is 9.07. The van der Waals surface area contributed by atoms with Gasteiger partial charge in [-0.15, -0.1) is 11.3 Å². The number of carbonyl (C=O) groups is 1. The maximum absolute atomic E-state index is 11.9. The number of thiophene rings is 1. The molecule has 0 aromatic carbocycles. The van der Waals surface area contributed by atoms with E-state index in [1.165, 1.54) is 12.5 Å². The summed E-state index contributed by atoms with van der Waals surface area (Å²) in [5.41, 5.74) is 0.705. The number of carbonyl (C=O) groups excluding carboxylic acids is 1. The lowest BCUT2D eigenvalue weighted by atomic mass is 10.1. The fourth-order valence-corrected chi connectivity index (χ4v) is 3.03. The minimum absolute atomic E-state index is 0.151. The van der Waals surface area contributed by atoms with Crippen molar-refractivity contribution >= 4 is 29.0 Å². The van der Waals surface area contributed by atoms with Gasteiger partial charge in [-0.3, -0.25) is 9.48 Å². The van der Waals surface area contributed by atoms with Gasteiger partial charge >= 0.3 is 0 Å². The van der Waals surface area contributed by atoms with Gasteiger partial charge in [-0.25, -0.2) is 0 Å². The summed E-state index contributed by atoms with van der Waals surface area (Å²) in [7, 11) is 0. The molecular weight excluding hydrogens is 298 g/mol. The number of hydrogen-bond acceptors (Lipinski definition) is 4. The van der Waals surface area contributed by atoms with Crippen LogP contribution in [0.5, 0.6) is 0 Å². The van der Waals surface area contributed by atoms with Gasteiger partial charge in [-0.1, -0.05) is 6.07 Å². The van der Waals surface area contributed by atoms with Gasteiger partial charge in [0, 0.05) is 23.8 Å². The number of ether oxygens (including phenoxy) is 1. The highest BCUT2D eigenvalue weighted by Crippen LogP contribution is 2.15. The van der Waals surface area contributed by atoms with Crippen LogP contribution in [-0.4, -0.2) is 28.4 Å². The average molecular weight is 317 g/mol. The summed E-state index contributed by atoms with van der Waals surface area (Å²) >= 11 is 1.60. The Labute approximate surface area is 133 Å². The van der Waals surface area contributed by atoms with Crippen LogP contribution in [0, 0.1) is 0 Å². The molecule has 1 aliphatic rings. The van der Waals surface area contributed by atoms with Crippen LogP contribution in [0.2, 0.25) is 0 Å². The summed E-state index contributed by atoms with van der Waals surface area (Å²) in [4.78, 5) is 12.9. The molecule has 3 rings (SSSR count). The molecule has 116 valence electrons. The van der Waals surface area contributed by atoms with Gasteiger partial charge in [-0.05, 0) is 36.8 Å². The molecular formula is C16H19N3O2S. The summed E-state index contributed by atoms with van der Waals surface area (Å²) in [6, 6.07) is 3.93. The molecule has 22 heavy (non-hydrogen) atoms. The van der Waals surface area contributed by atoms with E-state index in [1.54, 1.807) is 23.6 Å². The molecule has 3 heterocycles. The summed E-state index contributed by atoms with van der Waals surface area (Å²) in [6.45, 7) is 1.57. The highest BCUT2D eigenvalue weighted by atomic mass is 32.1. The molecule has 1 saturated heterocycles. The lowest BCUT2D eigenvalue weighted by Gasteiger charge is -2.22. The molecule has 1 atom stereocenters. The number of hydrogen-bond donors (Lipinski definition) is 1. The van der Waals surface area contributed by atoms with Gasteiger partial charge in [0.05, 0.1) is 24.5 Å². The monoisotopic (exact) mass is 317 g/mol. The molecule has 0 spiro atoms. The van der Waals surface area contributed by atoms with Crippen molar-refractivity contribution in [3.05, 3.63) is 40.9 Å². The fraction of sp³-hybridized carbons (Fsp3) is 0.375.